The maximum atomic E-state index is 11.8. The fourth-order valence-electron chi connectivity index (χ4n) is 1.87. The molecule has 4 nitrogen and oxygen atoms in total. The molecule has 0 aromatic heterocycles. The molecule has 0 spiro atoms. The molecule has 1 aromatic carbocycles. The zero-order chi connectivity index (χ0) is 15.7. The normalized spacial score (nSPS) is 10.5. The number of hydrogen-bond donors (Lipinski definition) is 1. The largest absolute Gasteiger partial charge is 0.464 e. The van der Waals surface area contributed by atoms with Gasteiger partial charge in [0.15, 0.2) is 0 Å². The summed E-state index contributed by atoms with van der Waals surface area (Å²) in [6, 6.07) is 7.36. The van der Waals surface area contributed by atoms with E-state index in [0.717, 1.165) is 19.3 Å². The summed E-state index contributed by atoms with van der Waals surface area (Å²) in [6.45, 7) is 6.65. The molecule has 0 fully saturated rings. The second-order valence-corrected chi connectivity index (χ2v) is 5.49. The van der Waals surface area contributed by atoms with Gasteiger partial charge in [-0.05, 0) is 42.9 Å². The highest BCUT2D eigenvalue weighted by atomic mass is 16.5. The van der Waals surface area contributed by atoms with Crippen molar-refractivity contribution in [2.24, 2.45) is 5.92 Å². The van der Waals surface area contributed by atoms with Crippen LogP contribution in [-0.4, -0.2) is 25.0 Å². The van der Waals surface area contributed by atoms with E-state index in [9.17, 15) is 9.59 Å². The van der Waals surface area contributed by atoms with Gasteiger partial charge in [0.25, 0.3) is 5.91 Å². The van der Waals surface area contributed by atoms with E-state index in [4.69, 9.17) is 4.74 Å². The summed E-state index contributed by atoms with van der Waals surface area (Å²) in [5, 5.41) is 2.57. The Balaban J connectivity index is 2.26. The van der Waals surface area contributed by atoms with Crippen LogP contribution in [0.1, 0.15) is 49.5 Å². The predicted octanol–water partition coefficient (Wildman–Crippen LogP) is 2.96. The molecule has 4 heteroatoms. The Morgan fingerprint density at radius 3 is 2.43 bits per heavy atom. The summed E-state index contributed by atoms with van der Waals surface area (Å²) in [7, 11) is 0. The van der Waals surface area contributed by atoms with Gasteiger partial charge < -0.3 is 10.1 Å². The standard InChI is InChI=1S/C17H25NO3/c1-4-14-7-9-15(10-8-14)17(20)18-12-16(19)21-11-5-6-13(2)3/h7-10,13H,4-6,11-12H2,1-3H3,(H,18,20). The molecule has 0 radical (unpaired) electrons. The molecule has 21 heavy (non-hydrogen) atoms. The molecule has 1 aromatic rings. The van der Waals surface area contributed by atoms with Crippen LogP contribution < -0.4 is 5.32 Å². The number of nitrogens with one attached hydrogen (secondary N) is 1. The molecule has 0 saturated heterocycles. The maximum Gasteiger partial charge on any atom is 0.325 e. The van der Waals surface area contributed by atoms with Crippen LogP contribution in [-0.2, 0) is 16.0 Å². The number of ether oxygens (including phenoxy) is 1. The molecule has 116 valence electrons. The van der Waals surface area contributed by atoms with Crippen LogP contribution in [0.4, 0.5) is 0 Å². The molecular formula is C17H25NO3. The van der Waals surface area contributed by atoms with Crippen molar-refractivity contribution >= 4 is 11.9 Å². The first-order valence-electron chi connectivity index (χ1n) is 7.55. The summed E-state index contributed by atoms with van der Waals surface area (Å²) in [5.74, 6) is -0.0384. The second-order valence-electron chi connectivity index (χ2n) is 5.49. The predicted molar refractivity (Wildman–Crippen MR) is 83.2 cm³/mol. The van der Waals surface area contributed by atoms with E-state index in [1.807, 2.05) is 12.1 Å². The highest BCUT2D eigenvalue weighted by Gasteiger charge is 2.08. The summed E-state index contributed by atoms with van der Waals surface area (Å²) in [5.41, 5.74) is 1.73. The lowest BCUT2D eigenvalue weighted by Gasteiger charge is -2.08. The highest BCUT2D eigenvalue weighted by Crippen LogP contribution is 2.05. The number of aryl methyl sites for hydroxylation is 1. The van der Waals surface area contributed by atoms with Crippen molar-refractivity contribution < 1.29 is 14.3 Å². The SMILES string of the molecule is CCc1ccc(C(=O)NCC(=O)OCCCC(C)C)cc1. The minimum Gasteiger partial charge on any atom is -0.464 e. The van der Waals surface area contributed by atoms with Crippen molar-refractivity contribution in [3.05, 3.63) is 35.4 Å². The van der Waals surface area contributed by atoms with Gasteiger partial charge in [0, 0.05) is 5.56 Å². The van der Waals surface area contributed by atoms with Gasteiger partial charge in [-0.2, -0.15) is 0 Å². The summed E-state index contributed by atoms with van der Waals surface area (Å²) in [4.78, 5) is 23.3. The molecule has 1 N–H and O–H groups in total. The molecule has 0 aliphatic rings. The quantitative estimate of drug-likeness (QED) is 0.592. The molecule has 0 saturated carbocycles. The van der Waals surface area contributed by atoms with Crippen LogP contribution in [0.3, 0.4) is 0 Å². The van der Waals surface area contributed by atoms with E-state index >= 15 is 0 Å². The third kappa shape index (κ3) is 6.93. The first-order chi connectivity index (χ1) is 10.0. The van der Waals surface area contributed by atoms with E-state index in [1.54, 1.807) is 12.1 Å². The fourth-order valence-corrected chi connectivity index (χ4v) is 1.87. The van der Waals surface area contributed by atoms with E-state index in [1.165, 1.54) is 5.56 Å². The molecule has 0 unspecified atom stereocenters. The molecule has 0 bridgehead atoms. The Bertz CT molecular complexity index is 452. The van der Waals surface area contributed by atoms with Gasteiger partial charge in [-0.15, -0.1) is 0 Å². The lowest BCUT2D eigenvalue weighted by Crippen LogP contribution is -2.30. The zero-order valence-electron chi connectivity index (χ0n) is 13.1. The van der Waals surface area contributed by atoms with Gasteiger partial charge in [0.1, 0.15) is 6.54 Å². The molecular weight excluding hydrogens is 266 g/mol. The fraction of sp³-hybridized carbons (Fsp3) is 0.529. The maximum absolute atomic E-state index is 11.8. The lowest BCUT2D eigenvalue weighted by atomic mass is 10.1. The Morgan fingerprint density at radius 2 is 1.86 bits per heavy atom. The third-order valence-electron chi connectivity index (χ3n) is 3.21. The number of hydrogen-bond acceptors (Lipinski definition) is 3. The number of benzene rings is 1. The minimum atomic E-state index is -0.391. The number of carbonyl (C=O) groups excluding carboxylic acids is 2. The van der Waals surface area contributed by atoms with E-state index in [-0.39, 0.29) is 12.5 Å². The van der Waals surface area contributed by atoms with Crippen molar-refractivity contribution in [2.45, 2.75) is 40.0 Å². The van der Waals surface area contributed by atoms with Crippen LogP contribution in [0.25, 0.3) is 0 Å². The average molecular weight is 291 g/mol. The Morgan fingerprint density at radius 1 is 1.19 bits per heavy atom. The van der Waals surface area contributed by atoms with Gasteiger partial charge in [0.05, 0.1) is 6.61 Å². The Hall–Kier alpha value is -1.84. The topological polar surface area (TPSA) is 55.4 Å². The van der Waals surface area contributed by atoms with Crippen molar-refractivity contribution in [2.75, 3.05) is 13.2 Å². The van der Waals surface area contributed by atoms with Gasteiger partial charge >= 0.3 is 5.97 Å². The molecule has 0 aliphatic heterocycles. The number of carbonyl (C=O) groups is 2. The monoisotopic (exact) mass is 291 g/mol. The van der Waals surface area contributed by atoms with Crippen LogP contribution >= 0.6 is 0 Å². The van der Waals surface area contributed by atoms with Crippen LogP contribution in [0.2, 0.25) is 0 Å². The Kier molecular flexibility index (Phi) is 7.51. The summed E-state index contributed by atoms with van der Waals surface area (Å²) in [6.07, 6.45) is 2.82. The second kappa shape index (κ2) is 9.16. The van der Waals surface area contributed by atoms with Gasteiger partial charge in [0.2, 0.25) is 0 Å². The van der Waals surface area contributed by atoms with Crippen LogP contribution in [0, 0.1) is 5.92 Å². The molecule has 0 heterocycles. The van der Waals surface area contributed by atoms with Crippen molar-refractivity contribution in [3.63, 3.8) is 0 Å². The first-order valence-corrected chi connectivity index (χ1v) is 7.55. The van der Waals surface area contributed by atoms with Crippen molar-refractivity contribution in [3.8, 4) is 0 Å². The number of rotatable bonds is 8. The molecule has 0 aliphatic carbocycles. The molecule has 1 rings (SSSR count). The van der Waals surface area contributed by atoms with Crippen LogP contribution in [0.5, 0.6) is 0 Å². The third-order valence-corrected chi connectivity index (χ3v) is 3.21. The highest BCUT2D eigenvalue weighted by molar-refractivity contribution is 5.95. The van der Waals surface area contributed by atoms with E-state index in [2.05, 4.69) is 26.1 Å². The van der Waals surface area contributed by atoms with Gasteiger partial charge in [-0.3, -0.25) is 9.59 Å². The average Bonchev–Trinajstić information content (AvgIpc) is 2.49. The molecule has 1 amide bonds. The first kappa shape index (κ1) is 17.2. The van der Waals surface area contributed by atoms with Gasteiger partial charge in [-0.25, -0.2) is 0 Å². The van der Waals surface area contributed by atoms with Gasteiger partial charge in [-0.1, -0.05) is 32.9 Å². The molecule has 0 atom stereocenters. The Labute approximate surface area is 126 Å². The van der Waals surface area contributed by atoms with Crippen molar-refractivity contribution in [1.82, 2.24) is 5.32 Å². The number of esters is 1. The zero-order valence-corrected chi connectivity index (χ0v) is 13.1. The van der Waals surface area contributed by atoms with E-state index < -0.39 is 5.97 Å². The lowest BCUT2D eigenvalue weighted by molar-refractivity contribution is -0.142. The minimum absolute atomic E-state index is 0.0873. The van der Waals surface area contributed by atoms with Crippen molar-refractivity contribution in [1.29, 1.82) is 0 Å². The number of amides is 1. The summed E-state index contributed by atoms with van der Waals surface area (Å²) >= 11 is 0. The van der Waals surface area contributed by atoms with E-state index in [0.29, 0.717) is 18.1 Å². The van der Waals surface area contributed by atoms with Crippen LogP contribution in [0.15, 0.2) is 24.3 Å². The smallest absolute Gasteiger partial charge is 0.325 e. The summed E-state index contributed by atoms with van der Waals surface area (Å²) < 4.78 is 5.06.